The Morgan fingerprint density at radius 2 is 1.45 bits per heavy atom. The summed E-state index contributed by atoms with van der Waals surface area (Å²) in [6.45, 7) is 4.47. The first-order chi connectivity index (χ1) is 10.6. The van der Waals surface area contributed by atoms with Crippen LogP contribution in [0, 0.1) is 23.7 Å². The Kier molecular flexibility index (Phi) is 3.58. The van der Waals surface area contributed by atoms with E-state index in [1.54, 1.807) is 0 Å². The molecule has 4 aliphatic carbocycles. The molecule has 2 nitrogen and oxygen atoms in total. The summed E-state index contributed by atoms with van der Waals surface area (Å²) in [5, 5.41) is 13.1. The third kappa shape index (κ3) is 2.32. The van der Waals surface area contributed by atoms with Crippen molar-refractivity contribution in [3.8, 4) is 0 Å². The molecule has 1 aromatic rings. The first-order valence-electron chi connectivity index (χ1n) is 9.10. The molecule has 0 spiro atoms. The zero-order chi connectivity index (χ0) is 15.3. The highest BCUT2D eigenvalue weighted by molar-refractivity contribution is 5.21. The molecule has 2 heteroatoms. The van der Waals surface area contributed by atoms with E-state index in [1.165, 1.54) is 44.1 Å². The highest BCUT2D eigenvalue weighted by atomic mass is 16.5. The Labute approximate surface area is 134 Å². The van der Waals surface area contributed by atoms with Crippen molar-refractivity contribution >= 4 is 0 Å². The average Bonchev–Trinajstić information content (AvgIpc) is 2.46. The molecule has 0 heterocycles. The maximum atomic E-state index is 11.3. The summed E-state index contributed by atoms with van der Waals surface area (Å²) < 4.78 is 0. The summed E-state index contributed by atoms with van der Waals surface area (Å²) in [5.41, 5.74) is 1.32. The van der Waals surface area contributed by atoms with Crippen LogP contribution in [-0.4, -0.2) is 15.8 Å². The van der Waals surface area contributed by atoms with E-state index in [-0.39, 0.29) is 11.6 Å². The van der Waals surface area contributed by atoms with E-state index in [4.69, 9.17) is 0 Å². The average molecular weight is 299 g/mol. The molecule has 4 saturated carbocycles. The van der Waals surface area contributed by atoms with Gasteiger partial charge in [0, 0.05) is 5.54 Å². The van der Waals surface area contributed by atoms with Crippen molar-refractivity contribution in [1.29, 1.82) is 0 Å². The molecule has 0 radical (unpaired) electrons. The lowest BCUT2D eigenvalue weighted by Gasteiger charge is -2.60. The molecule has 5 rings (SSSR count). The molecule has 1 aromatic carbocycles. The lowest BCUT2D eigenvalue weighted by atomic mass is 9.52. The Morgan fingerprint density at radius 1 is 0.955 bits per heavy atom. The van der Waals surface area contributed by atoms with E-state index in [0.717, 1.165) is 17.8 Å². The molecule has 0 aromatic heterocycles. The standard InChI is InChI=1S/C20H29NO/c1-14(2)19(18-6-4-3-5-7-18)21(22)20-11-15-8-16(12-20)10-17(9-15)13-20/h3-7,14-17,19,22H,8-13H2,1-2H3. The molecule has 1 N–H and O–H groups in total. The van der Waals surface area contributed by atoms with Gasteiger partial charge in [-0.3, -0.25) is 0 Å². The lowest BCUT2D eigenvalue weighted by Crippen LogP contribution is -2.60. The van der Waals surface area contributed by atoms with Crippen LogP contribution in [0.15, 0.2) is 30.3 Å². The fraction of sp³-hybridized carbons (Fsp3) is 0.700. The van der Waals surface area contributed by atoms with Gasteiger partial charge in [-0.15, -0.1) is 0 Å². The predicted octanol–water partition coefficient (Wildman–Crippen LogP) is 5.04. The number of hydrogen-bond donors (Lipinski definition) is 1. The summed E-state index contributed by atoms with van der Waals surface area (Å²) in [6.07, 6.45) is 7.91. The summed E-state index contributed by atoms with van der Waals surface area (Å²) in [5.74, 6) is 3.01. The van der Waals surface area contributed by atoms with Crippen molar-refractivity contribution in [3.05, 3.63) is 35.9 Å². The Bertz CT molecular complexity index is 488. The van der Waals surface area contributed by atoms with Crippen molar-refractivity contribution in [1.82, 2.24) is 5.06 Å². The van der Waals surface area contributed by atoms with Crippen LogP contribution in [0.5, 0.6) is 0 Å². The van der Waals surface area contributed by atoms with Crippen LogP contribution in [0.25, 0.3) is 0 Å². The monoisotopic (exact) mass is 299 g/mol. The fourth-order valence-corrected chi connectivity index (χ4v) is 6.10. The van der Waals surface area contributed by atoms with E-state index in [1.807, 2.05) is 5.06 Å². The minimum Gasteiger partial charge on any atom is -0.313 e. The summed E-state index contributed by atoms with van der Waals surface area (Å²) in [7, 11) is 0. The first kappa shape index (κ1) is 14.7. The zero-order valence-electron chi connectivity index (χ0n) is 13.9. The molecule has 4 aliphatic rings. The highest BCUT2D eigenvalue weighted by Crippen LogP contribution is 2.58. The van der Waals surface area contributed by atoms with Gasteiger partial charge in [0.05, 0.1) is 6.04 Å². The van der Waals surface area contributed by atoms with Crippen molar-refractivity contribution in [2.45, 2.75) is 64.0 Å². The molecule has 0 aliphatic heterocycles. The van der Waals surface area contributed by atoms with Crippen LogP contribution in [0.4, 0.5) is 0 Å². The minimum atomic E-state index is 0.0551. The molecule has 0 saturated heterocycles. The van der Waals surface area contributed by atoms with E-state index in [9.17, 15) is 5.21 Å². The van der Waals surface area contributed by atoms with Gasteiger partial charge in [0.2, 0.25) is 0 Å². The van der Waals surface area contributed by atoms with Gasteiger partial charge in [-0.2, -0.15) is 5.06 Å². The van der Waals surface area contributed by atoms with Crippen LogP contribution < -0.4 is 0 Å². The van der Waals surface area contributed by atoms with Crippen LogP contribution in [0.3, 0.4) is 0 Å². The molecule has 4 bridgehead atoms. The van der Waals surface area contributed by atoms with Crippen LogP contribution in [0.2, 0.25) is 0 Å². The van der Waals surface area contributed by atoms with Crippen molar-refractivity contribution in [2.75, 3.05) is 0 Å². The van der Waals surface area contributed by atoms with Gasteiger partial charge in [0.1, 0.15) is 0 Å². The van der Waals surface area contributed by atoms with Crippen LogP contribution in [-0.2, 0) is 0 Å². The number of hydrogen-bond acceptors (Lipinski definition) is 2. The molecule has 0 amide bonds. The van der Waals surface area contributed by atoms with Crippen LogP contribution in [0.1, 0.15) is 64.0 Å². The van der Waals surface area contributed by atoms with Gasteiger partial charge in [-0.25, -0.2) is 0 Å². The van der Waals surface area contributed by atoms with E-state index >= 15 is 0 Å². The van der Waals surface area contributed by atoms with Gasteiger partial charge < -0.3 is 5.21 Å². The topological polar surface area (TPSA) is 23.5 Å². The quantitative estimate of drug-likeness (QED) is 0.787. The van der Waals surface area contributed by atoms with Gasteiger partial charge in [-0.1, -0.05) is 44.2 Å². The van der Waals surface area contributed by atoms with E-state index < -0.39 is 0 Å². The smallest absolute Gasteiger partial charge is 0.0628 e. The second kappa shape index (κ2) is 5.35. The molecule has 4 fully saturated rings. The Balaban J connectivity index is 1.66. The zero-order valence-corrected chi connectivity index (χ0v) is 13.9. The van der Waals surface area contributed by atoms with Crippen molar-refractivity contribution < 1.29 is 5.21 Å². The predicted molar refractivity (Wildman–Crippen MR) is 88.5 cm³/mol. The molecule has 1 atom stereocenters. The second-order valence-electron chi connectivity index (χ2n) is 8.59. The Morgan fingerprint density at radius 3 is 1.91 bits per heavy atom. The third-order valence-corrected chi connectivity index (χ3v) is 6.53. The van der Waals surface area contributed by atoms with Gasteiger partial charge in [0.25, 0.3) is 0 Å². The van der Waals surface area contributed by atoms with E-state index in [0.29, 0.717) is 5.92 Å². The van der Waals surface area contributed by atoms with Gasteiger partial charge in [0.15, 0.2) is 0 Å². The maximum absolute atomic E-state index is 11.3. The second-order valence-corrected chi connectivity index (χ2v) is 8.59. The molecular formula is C20H29NO. The number of rotatable bonds is 4. The Hall–Kier alpha value is -0.860. The van der Waals surface area contributed by atoms with Gasteiger partial charge >= 0.3 is 0 Å². The third-order valence-electron chi connectivity index (χ3n) is 6.53. The molecule has 120 valence electrons. The molecule has 1 unspecified atom stereocenters. The van der Waals surface area contributed by atoms with Gasteiger partial charge in [-0.05, 0) is 67.8 Å². The minimum absolute atomic E-state index is 0.0551. The largest absolute Gasteiger partial charge is 0.313 e. The number of hydroxylamine groups is 2. The number of nitrogens with zero attached hydrogens (tertiary/aromatic N) is 1. The van der Waals surface area contributed by atoms with E-state index in [2.05, 4.69) is 44.2 Å². The summed E-state index contributed by atoms with van der Waals surface area (Å²) in [4.78, 5) is 0. The normalized spacial score (nSPS) is 38.0. The first-order valence-corrected chi connectivity index (χ1v) is 9.10. The summed E-state index contributed by atoms with van der Waals surface area (Å²) in [6, 6.07) is 10.7. The fourth-order valence-electron chi connectivity index (χ4n) is 6.10. The number of benzene rings is 1. The molecular weight excluding hydrogens is 270 g/mol. The SMILES string of the molecule is CC(C)C(c1ccccc1)N(O)C12CC3CC(CC(C3)C1)C2. The maximum Gasteiger partial charge on any atom is 0.0628 e. The highest BCUT2D eigenvalue weighted by Gasteiger charge is 2.55. The lowest BCUT2D eigenvalue weighted by molar-refractivity contribution is -0.259. The van der Waals surface area contributed by atoms with Crippen molar-refractivity contribution in [2.24, 2.45) is 23.7 Å². The molecule has 22 heavy (non-hydrogen) atoms. The van der Waals surface area contributed by atoms with Crippen molar-refractivity contribution in [3.63, 3.8) is 0 Å². The van der Waals surface area contributed by atoms with Crippen LogP contribution >= 0.6 is 0 Å². The summed E-state index contributed by atoms with van der Waals surface area (Å²) >= 11 is 0.